The van der Waals surface area contributed by atoms with Gasteiger partial charge in [-0.2, -0.15) is 0 Å². The molecular weight excluding hydrogens is 412 g/mol. The van der Waals surface area contributed by atoms with E-state index >= 15 is 0 Å². The summed E-state index contributed by atoms with van der Waals surface area (Å²) in [4.78, 5) is 12.5. The molecule has 0 radical (unpaired) electrons. The SMILES string of the molecule is O=C(COc1cccc2ccccc12)Nc1ccc(S(=O)(=O)NC2CCCCC2)cc1. The molecule has 0 aliphatic heterocycles. The number of anilines is 1. The average Bonchev–Trinajstić information content (AvgIpc) is 2.78. The largest absolute Gasteiger partial charge is 0.483 e. The second kappa shape index (κ2) is 9.49. The van der Waals surface area contributed by atoms with E-state index in [4.69, 9.17) is 4.74 Å². The fraction of sp³-hybridized carbons (Fsp3) is 0.292. The Morgan fingerprint density at radius 2 is 1.61 bits per heavy atom. The molecule has 0 saturated heterocycles. The van der Waals surface area contributed by atoms with Gasteiger partial charge in [0.2, 0.25) is 10.0 Å². The number of ether oxygens (including phenoxy) is 1. The van der Waals surface area contributed by atoms with Crippen molar-refractivity contribution in [1.82, 2.24) is 4.72 Å². The fourth-order valence-corrected chi connectivity index (χ4v) is 5.19. The van der Waals surface area contributed by atoms with Crippen molar-refractivity contribution in [2.45, 2.75) is 43.0 Å². The summed E-state index contributed by atoms with van der Waals surface area (Å²) < 4.78 is 33.7. The van der Waals surface area contributed by atoms with Crippen molar-refractivity contribution < 1.29 is 17.9 Å². The summed E-state index contributed by atoms with van der Waals surface area (Å²) in [6, 6.07) is 19.7. The van der Waals surface area contributed by atoms with Crippen molar-refractivity contribution >= 4 is 32.4 Å². The van der Waals surface area contributed by atoms with Crippen molar-refractivity contribution in [3.63, 3.8) is 0 Å². The maximum absolute atomic E-state index is 12.6. The zero-order valence-corrected chi connectivity index (χ0v) is 18.0. The molecule has 0 unspecified atom stereocenters. The van der Waals surface area contributed by atoms with Crippen LogP contribution in [0.3, 0.4) is 0 Å². The third kappa shape index (κ3) is 5.42. The number of hydrogen-bond acceptors (Lipinski definition) is 4. The van der Waals surface area contributed by atoms with E-state index in [2.05, 4.69) is 10.0 Å². The van der Waals surface area contributed by atoms with E-state index in [1.807, 2.05) is 42.5 Å². The van der Waals surface area contributed by atoms with Gasteiger partial charge < -0.3 is 10.1 Å². The number of sulfonamides is 1. The number of amides is 1. The average molecular weight is 439 g/mol. The molecule has 4 rings (SSSR count). The van der Waals surface area contributed by atoms with Crippen LogP contribution in [-0.2, 0) is 14.8 Å². The Morgan fingerprint density at radius 3 is 2.39 bits per heavy atom. The zero-order valence-electron chi connectivity index (χ0n) is 17.2. The summed E-state index contributed by atoms with van der Waals surface area (Å²) in [7, 11) is -3.56. The number of nitrogens with one attached hydrogen (secondary N) is 2. The lowest BCUT2D eigenvalue weighted by molar-refractivity contribution is -0.118. The van der Waals surface area contributed by atoms with Crippen LogP contribution in [0.2, 0.25) is 0 Å². The molecule has 1 aliphatic rings. The number of benzene rings is 3. The van der Waals surface area contributed by atoms with E-state index in [9.17, 15) is 13.2 Å². The summed E-state index contributed by atoms with van der Waals surface area (Å²) in [6.07, 6.45) is 5.03. The van der Waals surface area contributed by atoms with E-state index in [1.165, 1.54) is 12.1 Å². The molecular formula is C24H26N2O4S. The van der Waals surface area contributed by atoms with Crippen LogP contribution in [0.5, 0.6) is 5.75 Å². The number of carbonyl (C=O) groups excluding carboxylic acids is 1. The van der Waals surface area contributed by atoms with Gasteiger partial charge in [0.05, 0.1) is 4.90 Å². The molecule has 0 bridgehead atoms. The van der Waals surface area contributed by atoms with E-state index in [-0.39, 0.29) is 23.5 Å². The molecule has 1 saturated carbocycles. The Morgan fingerprint density at radius 1 is 0.903 bits per heavy atom. The number of fused-ring (bicyclic) bond motifs is 1. The van der Waals surface area contributed by atoms with Crippen LogP contribution in [0.1, 0.15) is 32.1 Å². The molecule has 3 aromatic rings. The van der Waals surface area contributed by atoms with Crippen LogP contribution in [0.15, 0.2) is 71.6 Å². The maximum Gasteiger partial charge on any atom is 0.262 e. The van der Waals surface area contributed by atoms with Crippen LogP contribution < -0.4 is 14.8 Å². The van der Waals surface area contributed by atoms with Gasteiger partial charge in [0.1, 0.15) is 5.75 Å². The molecule has 1 fully saturated rings. The van der Waals surface area contributed by atoms with Crippen LogP contribution in [0, 0.1) is 0 Å². The van der Waals surface area contributed by atoms with Crippen molar-refractivity contribution in [2.24, 2.45) is 0 Å². The fourth-order valence-electron chi connectivity index (χ4n) is 3.89. The quantitative estimate of drug-likeness (QED) is 0.570. The van der Waals surface area contributed by atoms with Gasteiger partial charge >= 0.3 is 0 Å². The van der Waals surface area contributed by atoms with Crippen molar-refractivity contribution in [2.75, 3.05) is 11.9 Å². The summed E-state index contributed by atoms with van der Waals surface area (Å²) in [5.41, 5.74) is 0.517. The molecule has 162 valence electrons. The third-order valence-corrected chi connectivity index (χ3v) is 7.02. The molecule has 2 N–H and O–H groups in total. The highest BCUT2D eigenvalue weighted by Gasteiger charge is 2.21. The van der Waals surface area contributed by atoms with Crippen molar-refractivity contribution in [1.29, 1.82) is 0 Å². The Balaban J connectivity index is 1.34. The highest BCUT2D eigenvalue weighted by atomic mass is 32.2. The number of carbonyl (C=O) groups is 1. The molecule has 0 spiro atoms. The second-order valence-corrected chi connectivity index (χ2v) is 9.51. The molecule has 6 nitrogen and oxygen atoms in total. The lowest BCUT2D eigenvalue weighted by Crippen LogP contribution is -2.36. The Labute approximate surface area is 182 Å². The highest BCUT2D eigenvalue weighted by molar-refractivity contribution is 7.89. The zero-order chi connectivity index (χ0) is 21.7. The van der Waals surface area contributed by atoms with Crippen LogP contribution >= 0.6 is 0 Å². The van der Waals surface area contributed by atoms with Gasteiger partial charge in [0.25, 0.3) is 5.91 Å². The van der Waals surface area contributed by atoms with Crippen LogP contribution in [0.25, 0.3) is 10.8 Å². The summed E-state index contributed by atoms with van der Waals surface area (Å²) in [5.74, 6) is 0.326. The van der Waals surface area contributed by atoms with Crippen molar-refractivity contribution in [3.8, 4) is 5.75 Å². The number of rotatable bonds is 7. The lowest BCUT2D eigenvalue weighted by atomic mass is 9.96. The Bertz CT molecular complexity index is 1150. The predicted molar refractivity (Wildman–Crippen MR) is 122 cm³/mol. The summed E-state index contributed by atoms with van der Waals surface area (Å²) in [5, 5.41) is 4.72. The third-order valence-electron chi connectivity index (χ3n) is 5.48. The number of hydrogen-bond donors (Lipinski definition) is 2. The first kappa shape index (κ1) is 21.3. The van der Waals surface area contributed by atoms with Gasteiger partial charge in [-0.05, 0) is 48.6 Å². The topological polar surface area (TPSA) is 84.5 Å². The van der Waals surface area contributed by atoms with Crippen molar-refractivity contribution in [3.05, 3.63) is 66.7 Å². The first-order chi connectivity index (χ1) is 15.0. The molecule has 0 heterocycles. The minimum Gasteiger partial charge on any atom is -0.483 e. The van der Waals surface area contributed by atoms with Crippen LogP contribution in [-0.4, -0.2) is 27.0 Å². The standard InChI is InChI=1S/C24H26N2O4S/c27-24(17-30-23-12-6-8-18-7-4-5-11-22(18)23)25-19-13-15-21(16-14-19)31(28,29)26-20-9-2-1-3-10-20/h4-8,11-16,20,26H,1-3,9-10,17H2,(H,25,27). The first-order valence-electron chi connectivity index (χ1n) is 10.5. The van der Waals surface area contributed by atoms with E-state index < -0.39 is 10.0 Å². The van der Waals surface area contributed by atoms with Gasteiger partial charge in [-0.1, -0.05) is 55.7 Å². The van der Waals surface area contributed by atoms with Gasteiger partial charge in [-0.25, -0.2) is 13.1 Å². The van der Waals surface area contributed by atoms with E-state index in [0.29, 0.717) is 11.4 Å². The first-order valence-corrected chi connectivity index (χ1v) is 12.0. The van der Waals surface area contributed by atoms with Gasteiger partial charge in [0.15, 0.2) is 6.61 Å². The molecule has 0 atom stereocenters. The van der Waals surface area contributed by atoms with Gasteiger partial charge in [0, 0.05) is 17.1 Å². The van der Waals surface area contributed by atoms with Crippen LogP contribution in [0.4, 0.5) is 5.69 Å². The Hall–Kier alpha value is -2.90. The van der Waals surface area contributed by atoms with E-state index in [0.717, 1.165) is 42.9 Å². The Kier molecular flexibility index (Phi) is 6.53. The predicted octanol–water partition coefficient (Wildman–Crippen LogP) is 4.47. The second-order valence-electron chi connectivity index (χ2n) is 7.79. The molecule has 3 aromatic carbocycles. The smallest absolute Gasteiger partial charge is 0.262 e. The van der Waals surface area contributed by atoms with Gasteiger partial charge in [-0.15, -0.1) is 0 Å². The van der Waals surface area contributed by atoms with Gasteiger partial charge in [-0.3, -0.25) is 4.79 Å². The minimum atomic E-state index is -3.56. The molecule has 31 heavy (non-hydrogen) atoms. The molecule has 1 aliphatic carbocycles. The molecule has 1 amide bonds. The van der Waals surface area contributed by atoms with E-state index in [1.54, 1.807) is 12.1 Å². The highest BCUT2D eigenvalue weighted by Crippen LogP contribution is 2.25. The minimum absolute atomic E-state index is 0.00402. The monoisotopic (exact) mass is 438 g/mol. The normalized spacial score (nSPS) is 15.0. The molecule has 7 heteroatoms. The summed E-state index contributed by atoms with van der Waals surface area (Å²) >= 11 is 0. The lowest BCUT2D eigenvalue weighted by Gasteiger charge is -2.22. The maximum atomic E-state index is 12.6. The summed E-state index contributed by atoms with van der Waals surface area (Å²) in [6.45, 7) is -0.142. The molecule has 0 aromatic heterocycles.